The van der Waals surface area contributed by atoms with E-state index in [0.29, 0.717) is 13.2 Å². The van der Waals surface area contributed by atoms with Crippen LogP contribution in [0.2, 0.25) is 0 Å². The summed E-state index contributed by atoms with van der Waals surface area (Å²) in [4.78, 5) is 12.0. The minimum Gasteiger partial charge on any atom is -0.493 e. The fraction of sp³-hybridized carbons (Fsp3) is 0.421. The third kappa shape index (κ3) is 5.08. The average Bonchev–Trinajstić information content (AvgIpc) is 3.02. The van der Waals surface area contributed by atoms with Crippen LogP contribution in [0.4, 0.5) is 0 Å². The first-order chi connectivity index (χ1) is 11.8. The number of amides is 1. The van der Waals surface area contributed by atoms with Gasteiger partial charge in [0.1, 0.15) is 5.75 Å². The van der Waals surface area contributed by atoms with E-state index in [1.165, 1.54) is 5.56 Å². The van der Waals surface area contributed by atoms with Crippen molar-refractivity contribution in [2.45, 2.75) is 38.3 Å². The van der Waals surface area contributed by atoms with E-state index in [-0.39, 0.29) is 11.9 Å². The molecule has 1 aromatic carbocycles. The molecule has 1 aliphatic heterocycles. The number of nitrogens with one attached hydrogen (secondary N) is 2. The Morgan fingerprint density at radius 3 is 3.08 bits per heavy atom. The van der Waals surface area contributed by atoms with Crippen molar-refractivity contribution in [1.29, 1.82) is 0 Å². The third-order valence-electron chi connectivity index (χ3n) is 4.23. The van der Waals surface area contributed by atoms with Crippen LogP contribution in [0.3, 0.4) is 0 Å². The molecule has 5 heteroatoms. The molecule has 2 heterocycles. The van der Waals surface area contributed by atoms with Gasteiger partial charge < -0.3 is 15.4 Å². The van der Waals surface area contributed by atoms with Crippen LogP contribution in [0, 0.1) is 0 Å². The Labute approximate surface area is 147 Å². The molecule has 1 atom stereocenters. The maximum atomic E-state index is 12.0. The molecule has 0 aliphatic carbocycles. The highest BCUT2D eigenvalue weighted by atomic mass is 32.1. The van der Waals surface area contributed by atoms with Crippen LogP contribution in [0.1, 0.15) is 30.4 Å². The van der Waals surface area contributed by atoms with Crippen molar-refractivity contribution < 1.29 is 9.53 Å². The predicted octanol–water partition coefficient (Wildman–Crippen LogP) is 3.13. The SMILES string of the molecule is O=C1NCCCCC1NCc1cccc(OCCc2ccsc2)c1. The highest BCUT2D eigenvalue weighted by Gasteiger charge is 2.19. The zero-order valence-electron chi connectivity index (χ0n) is 13.8. The molecule has 2 N–H and O–H groups in total. The Balaban J connectivity index is 1.48. The van der Waals surface area contributed by atoms with Gasteiger partial charge in [-0.3, -0.25) is 4.79 Å². The molecule has 1 unspecified atom stereocenters. The molecular weight excluding hydrogens is 320 g/mol. The quantitative estimate of drug-likeness (QED) is 0.811. The average molecular weight is 344 g/mol. The Morgan fingerprint density at radius 1 is 1.25 bits per heavy atom. The molecule has 3 rings (SSSR count). The molecule has 24 heavy (non-hydrogen) atoms. The van der Waals surface area contributed by atoms with Gasteiger partial charge in [-0.15, -0.1) is 0 Å². The van der Waals surface area contributed by atoms with Gasteiger partial charge in [-0.2, -0.15) is 11.3 Å². The minimum atomic E-state index is -0.0873. The van der Waals surface area contributed by atoms with Gasteiger partial charge >= 0.3 is 0 Å². The number of hydrogen-bond acceptors (Lipinski definition) is 4. The zero-order chi connectivity index (χ0) is 16.6. The van der Waals surface area contributed by atoms with Crippen LogP contribution in [-0.4, -0.2) is 25.1 Å². The summed E-state index contributed by atoms with van der Waals surface area (Å²) in [5.41, 5.74) is 2.46. The summed E-state index contributed by atoms with van der Waals surface area (Å²) < 4.78 is 5.85. The van der Waals surface area contributed by atoms with E-state index in [1.54, 1.807) is 11.3 Å². The molecule has 1 amide bonds. The fourth-order valence-electron chi connectivity index (χ4n) is 2.84. The first-order valence-corrected chi connectivity index (χ1v) is 9.49. The second kappa shape index (κ2) is 8.85. The number of thiophene rings is 1. The van der Waals surface area contributed by atoms with Gasteiger partial charge in [0.15, 0.2) is 0 Å². The summed E-state index contributed by atoms with van der Waals surface area (Å²) in [6, 6.07) is 10.1. The summed E-state index contributed by atoms with van der Waals surface area (Å²) in [7, 11) is 0. The van der Waals surface area contributed by atoms with Crippen LogP contribution in [0.15, 0.2) is 41.1 Å². The second-order valence-electron chi connectivity index (χ2n) is 6.10. The zero-order valence-corrected chi connectivity index (χ0v) is 14.6. The lowest BCUT2D eigenvalue weighted by molar-refractivity contribution is -0.122. The summed E-state index contributed by atoms with van der Waals surface area (Å²) in [6.45, 7) is 2.16. The molecule has 0 spiro atoms. The lowest BCUT2D eigenvalue weighted by atomic mass is 10.1. The smallest absolute Gasteiger partial charge is 0.237 e. The highest BCUT2D eigenvalue weighted by Crippen LogP contribution is 2.15. The molecule has 1 aliphatic rings. The number of benzene rings is 1. The first-order valence-electron chi connectivity index (χ1n) is 8.55. The van der Waals surface area contributed by atoms with Gasteiger partial charge in [0.2, 0.25) is 5.91 Å². The van der Waals surface area contributed by atoms with E-state index in [2.05, 4.69) is 39.6 Å². The van der Waals surface area contributed by atoms with Gasteiger partial charge in [0.05, 0.1) is 12.6 Å². The number of carbonyl (C=O) groups excluding carboxylic acids is 1. The van der Waals surface area contributed by atoms with Crippen molar-refractivity contribution in [2.75, 3.05) is 13.2 Å². The molecule has 0 radical (unpaired) electrons. The summed E-state index contributed by atoms with van der Waals surface area (Å²) >= 11 is 1.71. The third-order valence-corrected chi connectivity index (χ3v) is 4.96. The maximum absolute atomic E-state index is 12.0. The standard InChI is InChI=1S/C19H24N2O2S/c22-19-18(6-1-2-9-20-19)21-13-16-4-3-5-17(12-16)23-10-7-15-8-11-24-14-15/h3-5,8,11-12,14,18,21H,1-2,6-7,9-10,13H2,(H,20,22). The molecule has 128 valence electrons. The lowest BCUT2D eigenvalue weighted by Gasteiger charge is -2.15. The first kappa shape index (κ1) is 17.0. The minimum absolute atomic E-state index is 0.0873. The number of hydrogen-bond donors (Lipinski definition) is 2. The fourth-order valence-corrected chi connectivity index (χ4v) is 3.55. The van der Waals surface area contributed by atoms with E-state index < -0.39 is 0 Å². The summed E-state index contributed by atoms with van der Waals surface area (Å²) in [5, 5.41) is 10.6. The lowest BCUT2D eigenvalue weighted by Crippen LogP contribution is -2.42. The van der Waals surface area contributed by atoms with Crippen molar-refractivity contribution in [3.05, 3.63) is 52.2 Å². The Hall–Kier alpha value is -1.85. The van der Waals surface area contributed by atoms with Gasteiger partial charge in [0.25, 0.3) is 0 Å². The van der Waals surface area contributed by atoms with E-state index >= 15 is 0 Å². The van der Waals surface area contributed by atoms with E-state index in [1.807, 2.05) is 12.1 Å². The van der Waals surface area contributed by atoms with Crippen LogP contribution >= 0.6 is 11.3 Å². The maximum Gasteiger partial charge on any atom is 0.237 e. The molecule has 4 nitrogen and oxygen atoms in total. The summed E-state index contributed by atoms with van der Waals surface area (Å²) in [5.74, 6) is 1.01. The van der Waals surface area contributed by atoms with E-state index in [9.17, 15) is 4.79 Å². The highest BCUT2D eigenvalue weighted by molar-refractivity contribution is 7.07. The molecule has 1 fully saturated rings. The predicted molar refractivity (Wildman–Crippen MR) is 97.4 cm³/mol. The van der Waals surface area contributed by atoms with Crippen molar-refractivity contribution in [3.8, 4) is 5.75 Å². The molecule has 2 aromatic rings. The van der Waals surface area contributed by atoms with Gasteiger partial charge in [-0.1, -0.05) is 12.1 Å². The normalized spacial score (nSPS) is 18.0. The molecule has 0 bridgehead atoms. The molecular formula is C19H24N2O2S. The van der Waals surface area contributed by atoms with Crippen LogP contribution in [0.25, 0.3) is 0 Å². The molecule has 1 saturated heterocycles. The largest absolute Gasteiger partial charge is 0.493 e. The number of rotatable bonds is 7. The van der Waals surface area contributed by atoms with Crippen molar-refractivity contribution in [1.82, 2.24) is 10.6 Å². The van der Waals surface area contributed by atoms with Gasteiger partial charge in [0, 0.05) is 19.5 Å². The van der Waals surface area contributed by atoms with E-state index in [0.717, 1.165) is 43.5 Å². The van der Waals surface area contributed by atoms with Crippen LogP contribution in [0.5, 0.6) is 5.75 Å². The Morgan fingerprint density at radius 2 is 2.21 bits per heavy atom. The topological polar surface area (TPSA) is 50.4 Å². The number of carbonyl (C=O) groups is 1. The molecule has 0 saturated carbocycles. The van der Waals surface area contributed by atoms with Gasteiger partial charge in [-0.05, 0) is 59.3 Å². The van der Waals surface area contributed by atoms with Crippen molar-refractivity contribution in [3.63, 3.8) is 0 Å². The van der Waals surface area contributed by atoms with E-state index in [4.69, 9.17) is 4.74 Å². The van der Waals surface area contributed by atoms with Crippen molar-refractivity contribution in [2.24, 2.45) is 0 Å². The molecule has 1 aromatic heterocycles. The monoisotopic (exact) mass is 344 g/mol. The Kier molecular flexibility index (Phi) is 6.26. The Bertz CT molecular complexity index is 643. The van der Waals surface area contributed by atoms with Crippen LogP contribution < -0.4 is 15.4 Å². The second-order valence-corrected chi connectivity index (χ2v) is 6.88. The van der Waals surface area contributed by atoms with Crippen molar-refractivity contribution >= 4 is 17.2 Å². The number of ether oxygens (including phenoxy) is 1. The van der Waals surface area contributed by atoms with Gasteiger partial charge in [-0.25, -0.2) is 0 Å². The summed E-state index contributed by atoms with van der Waals surface area (Å²) in [6.07, 6.45) is 3.98. The van der Waals surface area contributed by atoms with Crippen LogP contribution in [-0.2, 0) is 17.8 Å².